The first-order valence-corrected chi connectivity index (χ1v) is 15.2. The molecule has 0 fully saturated rings. The van der Waals surface area contributed by atoms with Gasteiger partial charge in [-0.1, -0.05) is 48.0 Å². The molecule has 1 aromatic heterocycles. The van der Waals surface area contributed by atoms with Gasteiger partial charge in [0.2, 0.25) is 6.79 Å². The maximum absolute atomic E-state index is 13.0. The van der Waals surface area contributed by atoms with Crippen LogP contribution in [0.25, 0.3) is 0 Å². The van der Waals surface area contributed by atoms with Crippen LogP contribution in [-0.2, 0) is 35.1 Å². The number of aromatic nitrogens is 1. The van der Waals surface area contributed by atoms with Crippen LogP contribution >= 0.6 is 0 Å². The van der Waals surface area contributed by atoms with Crippen molar-refractivity contribution in [3.05, 3.63) is 89.5 Å². The molecule has 1 amide bonds. The van der Waals surface area contributed by atoms with Gasteiger partial charge in [0.1, 0.15) is 24.6 Å². The molecule has 3 rings (SSSR count). The van der Waals surface area contributed by atoms with Crippen molar-refractivity contribution in [1.82, 2.24) is 10.3 Å². The van der Waals surface area contributed by atoms with E-state index in [2.05, 4.69) is 10.3 Å². The van der Waals surface area contributed by atoms with Gasteiger partial charge in [0.05, 0.1) is 19.3 Å². The van der Waals surface area contributed by atoms with E-state index in [4.69, 9.17) is 28.4 Å². The van der Waals surface area contributed by atoms with Crippen LogP contribution in [0, 0.1) is 12.7 Å². The first-order valence-electron chi connectivity index (χ1n) is 15.2. The molecule has 0 saturated heterocycles. The maximum atomic E-state index is 13.0. The Morgan fingerprint density at radius 1 is 1.02 bits per heavy atom. The fourth-order valence-electron chi connectivity index (χ4n) is 4.08. The van der Waals surface area contributed by atoms with Gasteiger partial charge in [-0.15, -0.1) is 0 Å². The van der Waals surface area contributed by atoms with Crippen molar-refractivity contribution >= 4 is 17.8 Å². The van der Waals surface area contributed by atoms with Gasteiger partial charge in [0.15, 0.2) is 17.2 Å². The molecule has 1 heterocycles. The molecule has 12 heteroatoms. The fourth-order valence-corrected chi connectivity index (χ4v) is 4.08. The molecule has 0 bridgehead atoms. The van der Waals surface area contributed by atoms with Gasteiger partial charge in [-0.2, -0.15) is 0 Å². The number of benzene rings is 2. The van der Waals surface area contributed by atoms with E-state index < -0.39 is 42.4 Å². The second-order valence-corrected chi connectivity index (χ2v) is 11.1. The van der Waals surface area contributed by atoms with Crippen molar-refractivity contribution in [2.75, 3.05) is 27.1 Å². The summed E-state index contributed by atoms with van der Waals surface area (Å²) in [7, 11) is 1.39. The van der Waals surface area contributed by atoms with Crippen LogP contribution in [0.15, 0.2) is 66.9 Å². The number of nitrogens with zero attached hydrogens (tertiary/aromatic N) is 1. The topological polar surface area (TPSA) is 132 Å². The highest BCUT2D eigenvalue weighted by Gasteiger charge is 2.28. The zero-order valence-electron chi connectivity index (χ0n) is 28.0. The summed E-state index contributed by atoms with van der Waals surface area (Å²) < 4.78 is 44.3. The van der Waals surface area contributed by atoms with Gasteiger partial charge in [-0.25, -0.2) is 19.0 Å². The van der Waals surface area contributed by atoms with E-state index in [0.29, 0.717) is 19.6 Å². The van der Waals surface area contributed by atoms with Crippen LogP contribution < -0.4 is 14.8 Å². The minimum absolute atomic E-state index is 0. The molecular weight excluding hydrogens is 611 g/mol. The summed E-state index contributed by atoms with van der Waals surface area (Å²) in [6.45, 7) is 10.9. The third-order valence-electron chi connectivity index (χ3n) is 6.43. The first-order chi connectivity index (χ1) is 22.3. The third-order valence-corrected chi connectivity index (χ3v) is 6.43. The van der Waals surface area contributed by atoms with Gasteiger partial charge < -0.3 is 33.7 Å². The van der Waals surface area contributed by atoms with E-state index in [1.807, 2.05) is 51.1 Å². The lowest BCUT2D eigenvalue weighted by Crippen LogP contribution is -2.42. The van der Waals surface area contributed by atoms with E-state index in [1.54, 1.807) is 26.0 Å². The summed E-state index contributed by atoms with van der Waals surface area (Å²) in [6.07, 6.45) is 1.33. The SMILES string of the molecule is CCOCC(=O)OCOc1c(OC)ccnc1C(=O)N[C@@H](C)C(=O)O[C@@H](C)CC(C)(C)OCc1ccccc1.Cc1ccc(F)cc1.[HH]. The number of amides is 1. The van der Waals surface area contributed by atoms with Crippen molar-refractivity contribution in [1.29, 1.82) is 0 Å². The molecule has 47 heavy (non-hydrogen) atoms. The molecule has 1 N–H and O–H groups in total. The lowest BCUT2D eigenvalue weighted by Gasteiger charge is -2.29. The van der Waals surface area contributed by atoms with Gasteiger partial charge in [-0.05, 0) is 59.2 Å². The summed E-state index contributed by atoms with van der Waals surface area (Å²) in [6, 6.07) is 16.7. The number of methoxy groups -OCH3 is 1. The normalized spacial score (nSPS) is 12.1. The number of esters is 2. The molecule has 0 saturated carbocycles. The monoisotopic (exact) mass is 658 g/mol. The van der Waals surface area contributed by atoms with E-state index in [0.717, 1.165) is 11.1 Å². The Morgan fingerprint density at radius 3 is 2.32 bits per heavy atom. The van der Waals surface area contributed by atoms with E-state index in [9.17, 15) is 18.8 Å². The van der Waals surface area contributed by atoms with Gasteiger partial charge in [-0.3, -0.25) is 4.79 Å². The zero-order valence-corrected chi connectivity index (χ0v) is 28.0. The highest BCUT2D eigenvalue weighted by Crippen LogP contribution is 2.29. The van der Waals surface area contributed by atoms with E-state index in [-0.39, 0.29) is 31.0 Å². The number of nitrogens with one attached hydrogen (secondary N) is 1. The zero-order chi connectivity index (χ0) is 34.8. The molecule has 0 unspecified atom stereocenters. The molecule has 0 aliphatic heterocycles. The van der Waals surface area contributed by atoms with E-state index >= 15 is 0 Å². The molecule has 3 aromatic rings. The fraction of sp³-hybridized carbons (Fsp3) is 0.429. The number of carbonyl (C=O) groups excluding carboxylic acids is 3. The lowest BCUT2D eigenvalue weighted by molar-refractivity contribution is -0.156. The summed E-state index contributed by atoms with van der Waals surface area (Å²) in [5.41, 5.74) is 1.43. The second kappa shape index (κ2) is 19.9. The van der Waals surface area contributed by atoms with Gasteiger partial charge in [0, 0.05) is 26.7 Å². The highest BCUT2D eigenvalue weighted by molar-refractivity contribution is 5.98. The first kappa shape index (κ1) is 38.6. The minimum Gasteiger partial charge on any atom is -0.493 e. The summed E-state index contributed by atoms with van der Waals surface area (Å²) in [4.78, 5) is 41.4. The number of carbonyl (C=O) groups is 3. The predicted octanol–water partition coefficient (Wildman–Crippen LogP) is 5.82. The van der Waals surface area contributed by atoms with Crippen LogP contribution in [0.1, 0.15) is 64.1 Å². The van der Waals surface area contributed by atoms with Crippen molar-refractivity contribution in [3.8, 4) is 11.5 Å². The largest absolute Gasteiger partial charge is 0.493 e. The number of pyridine rings is 1. The number of hydrogen-bond acceptors (Lipinski definition) is 10. The lowest BCUT2D eigenvalue weighted by atomic mass is 10.0. The summed E-state index contributed by atoms with van der Waals surface area (Å²) in [5.74, 6) is -1.98. The van der Waals surface area contributed by atoms with Crippen LogP contribution in [-0.4, -0.2) is 67.7 Å². The Kier molecular flexibility index (Phi) is 16.3. The Morgan fingerprint density at radius 2 is 1.70 bits per heavy atom. The number of halogens is 1. The van der Waals surface area contributed by atoms with Crippen molar-refractivity contribution in [2.24, 2.45) is 0 Å². The van der Waals surface area contributed by atoms with Crippen LogP contribution in [0.4, 0.5) is 4.39 Å². The Hall–Kier alpha value is -4.55. The number of ether oxygens (including phenoxy) is 6. The number of aryl methyl sites for hydroxylation is 1. The van der Waals surface area contributed by atoms with Crippen molar-refractivity contribution < 1.29 is 48.6 Å². The van der Waals surface area contributed by atoms with Crippen molar-refractivity contribution in [2.45, 2.75) is 72.3 Å². The number of rotatable bonds is 16. The Labute approximate surface area is 277 Å². The molecule has 11 nitrogen and oxygen atoms in total. The van der Waals surface area contributed by atoms with E-state index in [1.165, 1.54) is 38.4 Å². The van der Waals surface area contributed by atoms with Crippen molar-refractivity contribution in [3.63, 3.8) is 0 Å². The third kappa shape index (κ3) is 14.6. The molecule has 0 radical (unpaired) electrons. The van der Waals surface area contributed by atoms with Gasteiger partial charge in [0.25, 0.3) is 5.91 Å². The van der Waals surface area contributed by atoms with Crippen LogP contribution in [0.3, 0.4) is 0 Å². The molecule has 0 aliphatic rings. The second-order valence-electron chi connectivity index (χ2n) is 11.1. The Bertz CT molecular complexity index is 1390. The van der Waals surface area contributed by atoms with Gasteiger partial charge >= 0.3 is 11.9 Å². The molecule has 2 atom stereocenters. The molecule has 0 aliphatic carbocycles. The average molecular weight is 659 g/mol. The molecule has 258 valence electrons. The number of hydrogen-bond donors (Lipinski definition) is 1. The smallest absolute Gasteiger partial charge is 0.334 e. The quantitative estimate of drug-likeness (QED) is 0.148. The summed E-state index contributed by atoms with van der Waals surface area (Å²) in [5, 5.41) is 2.56. The van der Waals surface area contributed by atoms with Crippen LogP contribution in [0.2, 0.25) is 0 Å². The highest BCUT2D eigenvalue weighted by atomic mass is 19.1. The summed E-state index contributed by atoms with van der Waals surface area (Å²) >= 11 is 0. The average Bonchev–Trinajstić information content (AvgIpc) is 3.04. The Balaban J connectivity index is 0.00000111. The molecule has 0 spiro atoms. The molecule has 2 aromatic carbocycles. The maximum Gasteiger partial charge on any atom is 0.334 e. The van der Waals surface area contributed by atoms with Crippen LogP contribution in [0.5, 0.6) is 11.5 Å². The standard InChI is InChI=1S/C28H38N2O9.C7H7F.H2/c1-7-35-17-23(31)36-18-37-25-22(34-6)13-14-29-24(25)26(32)30-20(3)27(33)39-19(2)15-28(4,5)38-16-21-11-9-8-10-12-21;1-6-2-4-7(8)5-3-6;/h8-14,19-20H,7,15-18H2,1-6H3,(H,30,32);2-5H,1H3;1H/t19-,20-;;/m0../s1. The molecular formula is C35H47FN2O9. The predicted molar refractivity (Wildman–Crippen MR) is 175 cm³/mol. The minimum atomic E-state index is -0.988.